The van der Waals surface area contributed by atoms with Gasteiger partial charge in [-0.2, -0.15) is 18.3 Å². The Morgan fingerprint density at radius 1 is 1.03 bits per heavy atom. The largest absolute Gasteiger partial charge is 0.416 e. The monoisotopic (exact) mass is 439 g/mol. The molecule has 0 unspecified atom stereocenters. The molecule has 1 aliphatic rings. The molecule has 32 heavy (non-hydrogen) atoms. The van der Waals surface area contributed by atoms with Crippen molar-refractivity contribution >= 4 is 22.9 Å². The zero-order valence-electron chi connectivity index (χ0n) is 16.8. The number of alkyl halides is 3. The fourth-order valence-electron chi connectivity index (χ4n) is 3.88. The van der Waals surface area contributed by atoms with Crippen molar-refractivity contribution in [1.29, 1.82) is 0 Å². The van der Waals surface area contributed by atoms with E-state index >= 15 is 0 Å². The van der Waals surface area contributed by atoms with Crippen LogP contribution in [0.2, 0.25) is 0 Å². The highest BCUT2D eigenvalue weighted by Gasteiger charge is 2.32. The van der Waals surface area contributed by atoms with Crippen molar-refractivity contribution in [1.82, 2.24) is 19.3 Å². The Bertz CT molecular complexity index is 1440. The number of amides is 1. The van der Waals surface area contributed by atoms with Crippen molar-refractivity contribution in [3.63, 3.8) is 0 Å². The Labute approximate surface area is 179 Å². The summed E-state index contributed by atoms with van der Waals surface area (Å²) in [5.74, 6) is -0.242. The quantitative estimate of drug-likeness (QED) is 0.479. The Morgan fingerprint density at radius 2 is 1.81 bits per heavy atom. The molecule has 5 rings (SSSR count). The Kier molecular flexibility index (Phi) is 4.40. The standard InChI is InChI=1S/C22H16F3N5O2/c1-13-11-18(31)19(27-30(13)15-6-4-5-14(12-15)22(23,24)25)20(32)29-10-9-28-17-8-3-2-7-16(17)26-21(28)29/h2-8,11-12H,9-10H2,1H3. The third kappa shape index (κ3) is 3.15. The molecule has 7 nitrogen and oxygen atoms in total. The molecular weight excluding hydrogens is 423 g/mol. The van der Waals surface area contributed by atoms with Gasteiger partial charge in [-0.1, -0.05) is 18.2 Å². The molecule has 10 heteroatoms. The number of nitrogens with zero attached hydrogens (tertiary/aromatic N) is 5. The maximum absolute atomic E-state index is 13.2. The SMILES string of the molecule is Cc1cc(=O)c(C(=O)N2CCn3c2nc2ccccc23)nn1-c1cccc(C(F)(F)F)c1. The van der Waals surface area contributed by atoms with Crippen molar-refractivity contribution in [2.45, 2.75) is 19.6 Å². The number of hydrogen-bond acceptors (Lipinski definition) is 4. The molecule has 0 fully saturated rings. The third-order valence-electron chi connectivity index (χ3n) is 5.40. The van der Waals surface area contributed by atoms with Crippen LogP contribution in [0.25, 0.3) is 16.7 Å². The molecule has 0 bridgehead atoms. The highest BCUT2D eigenvalue weighted by molar-refractivity contribution is 6.05. The first-order valence-corrected chi connectivity index (χ1v) is 9.80. The molecule has 0 saturated heterocycles. The van der Waals surface area contributed by atoms with Gasteiger partial charge in [0.15, 0.2) is 5.69 Å². The summed E-state index contributed by atoms with van der Waals surface area (Å²) in [5.41, 5.74) is 0.156. The third-order valence-corrected chi connectivity index (χ3v) is 5.40. The number of anilines is 1. The first-order valence-electron chi connectivity index (χ1n) is 9.80. The lowest BCUT2D eigenvalue weighted by Crippen LogP contribution is -2.35. The second-order valence-corrected chi connectivity index (χ2v) is 7.47. The zero-order valence-corrected chi connectivity index (χ0v) is 16.8. The molecule has 162 valence electrons. The second-order valence-electron chi connectivity index (χ2n) is 7.47. The van der Waals surface area contributed by atoms with E-state index < -0.39 is 23.1 Å². The van der Waals surface area contributed by atoms with Crippen molar-refractivity contribution in [3.8, 4) is 5.69 Å². The van der Waals surface area contributed by atoms with Crippen LogP contribution in [-0.2, 0) is 12.7 Å². The van der Waals surface area contributed by atoms with Gasteiger partial charge in [-0.3, -0.25) is 14.5 Å². The van der Waals surface area contributed by atoms with Crippen LogP contribution in [0.4, 0.5) is 19.1 Å². The highest BCUT2D eigenvalue weighted by Crippen LogP contribution is 2.31. The lowest BCUT2D eigenvalue weighted by Gasteiger charge is -2.16. The van der Waals surface area contributed by atoms with Gasteiger partial charge >= 0.3 is 6.18 Å². The fraction of sp³-hybridized carbons (Fsp3) is 0.182. The molecule has 0 atom stereocenters. The number of para-hydroxylation sites is 2. The average Bonchev–Trinajstić information content (AvgIpc) is 3.32. The number of halogens is 3. The van der Waals surface area contributed by atoms with Crippen molar-refractivity contribution in [3.05, 3.63) is 81.8 Å². The van der Waals surface area contributed by atoms with Crippen LogP contribution in [0.3, 0.4) is 0 Å². The highest BCUT2D eigenvalue weighted by atomic mass is 19.4. The number of hydrogen-bond donors (Lipinski definition) is 0. The topological polar surface area (TPSA) is 73.0 Å². The summed E-state index contributed by atoms with van der Waals surface area (Å²) < 4.78 is 42.5. The van der Waals surface area contributed by atoms with E-state index in [0.717, 1.165) is 23.2 Å². The molecule has 4 aromatic rings. The summed E-state index contributed by atoms with van der Waals surface area (Å²) in [5, 5.41) is 4.15. The average molecular weight is 439 g/mol. The number of aromatic nitrogens is 4. The lowest BCUT2D eigenvalue weighted by atomic mass is 10.2. The number of carbonyl (C=O) groups excluding carboxylic acids is 1. The number of aryl methyl sites for hydroxylation is 1. The van der Waals surface area contributed by atoms with Crippen molar-refractivity contribution < 1.29 is 18.0 Å². The van der Waals surface area contributed by atoms with Crippen LogP contribution in [0.1, 0.15) is 21.7 Å². The van der Waals surface area contributed by atoms with Gasteiger partial charge in [0, 0.05) is 24.8 Å². The first-order chi connectivity index (χ1) is 15.2. The summed E-state index contributed by atoms with van der Waals surface area (Å²) >= 11 is 0. The van der Waals surface area contributed by atoms with E-state index in [1.165, 1.54) is 34.7 Å². The van der Waals surface area contributed by atoms with E-state index in [1.807, 2.05) is 28.8 Å². The Morgan fingerprint density at radius 3 is 2.59 bits per heavy atom. The summed E-state index contributed by atoms with van der Waals surface area (Å²) in [6.07, 6.45) is -4.53. The van der Waals surface area contributed by atoms with Gasteiger partial charge < -0.3 is 4.57 Å². The molecule has 3 heterocycles. The minimum atomic E-state index is -4.53. The molecular formula is C22H16F3N5O2. The fourth-order valence-corrected chi connectivity index (χ4v) is 3.88. The maximum Gasteiger partial charge on any atom is 0.416 e. The molecule has 0 spiro atoms. The summed E-state index contributed by atoms with van der Waals surface area (Å²) in [4.78, 5) is 31.7. The van der Waals surface area contributed by atoms with E-state index in [-0.39, 0.29) is 11.4 Å². The van der Waals surface area contributed by atoms with E-state index in [4.69, 9.17) is 0 Å². The molecule has 2 aromatic carbocycles. The molecule has 0 saturated carbocycles. The van der Waals surface area contributed by atoms with Crippen LogP contribution in [0.15, 0.2) is 59.4 Å². The zero-order chi connectivity index (χ0) is 22.6. The predicted octanol–water partition coefficient (Wildman–Crippen LogP) is 3.57. The minimum Gasteiger partial charge on any atom is -0.308 e. The van der Waals surface area contributed by atoms with Crippen LogP contribution in [-0.4, -0.2) is 31.8 Å². The van der Waals surface area contributed by atoms with Crippen molar-refractivity contribution in [2.75, 3.05) is 11.4 Å². The Balaban J connectivity index is 1.58. The van der Waals surface area contributed by atoms with Gasteiger partial charge in [-0.15, -0.1) is 0 Å². The van der Waals surface area contributed by atoms with E-state index in [2.05, 4.69) is 10.1 Å². The Hall–Kier alpha value is -3.95. The maximum atomic E-state index is 13.2. The molecule has 0 radical (unpaired) electrons. The molecule has 1 aliphatic heterocycles. The molecule has 0 N–H and O–H groups in total. The minimum absolute atomic E-state index is 0.0973. The number of benzene rings is 2. The van der Waals surface area contributed by atoms with Gasteiger partial charge in [0.25, 0.3) is 5.91 Å². The van der Waals surface area contributed by atoms with Crippen LogP contribution in [0, 0.1) is 6.92 Å². The van der Waals surface area contributed by atoms with Gasteiger partial charge in [0.2, 0.25) is 11.4 Å². The summed E-state index contributed by atoms with van der Waals surface area (Å²) in [6, 6.07) is 13.2. The van der Waals surface area contributed by atoms with Crippen LogP contribution >= 0.6 is 0 Å². The predicted molar refractivity (Wildman–Crippen MR) is 111 cm³/mol. The molecule has 2 aromatic heterocycles. The number of carbonyl (C=O) groups is 1. The lowest BCUT2D eigenvalue weighted by molar-refractivity contribution is -0.137. The van der Waals surface area contributed by atoms with Gasteiger partial charge in [-0.25, -0.2) is 9.67 Å². The normalized spacial score (nSPS) is 13.6. The van der Waals surface area contributed by atoms with E-state index in [1.54, 1.807) is 0 Å². The van der Waals surface area contributed by atoms with Crippen molar-refractivity contribution in [2.24, 2.45) is 0 Å². The van der Waals surface area contributed by atoms with E-state index in [9.17, 15) is 22.8 Å². The molecule has 1 amide bonds. The number of fused-ring (bicyclic) bond motifs is 3. The van der Waals surface area contributed by atoms with Crippen LogP contribution < -0.4 is 10.3 Å². The summed E-state index contributed by atoms with van der Waals surface area (Å²) in [7, 11) is 0. The summed E-state index contributed by atoms with van der Waals surface area (Å²) in [6.45, 7) is 2.36. The van der Waals surface area contributed by atoms with Gasteiger partial charge in [0.1, 0.15) is 0 Å². The van der Waals surface area contributed by atoms with Gasteiger partial charge in [0.05, 0.1) is 22.3 Å². The van der Waals surface area contributed by atoms with Gasteiger partial charge in [-0.05, 0) is 37.3 Å². The first kappa shape index (κ1) is 20.0. The number of imidazole rings is 1. The van der Waals surface area contributed by atoms with E-state index in [0.29, 0.717) is 24.7 Å². The van der Waals surface area contributed by atoms with Crippen LogP contribution in [0.5, 0.6) is 0 Å². The number of rotatable bonds is 2. The molecule has 0 aliphatic carbocycles. The second kappa shape index (κ2) is 7.04. The smallest absolute Gasteiger partial charge is 0.308 e.